The second-order valence-electron chi connectivity index (χ2n) is 6.24. The summed E-state index contributed by atoms with van der Waals surface area (Å²) in [5, 5.41) is 2.41. The first-order valence-corrected chi connectivity index (χ1v) is 10.9. The second kappa shape index (κ2) is 8.18. The van der Waals surface area contributed by atoms with Crippen LogP contribution in [0.25, 0.3) is 10.1 Å². The minimum Gasteiger partial charge on any atom is -0.324 e. The molecule has 140 valence electrons. The van der Waals surface area contributed by atoms with Crippen LogP contribution in [0.1, 0.15) is 21.5 Å². The van der Waals surface area contributed by atoms with Crippen molar-refractivity contribution in [1.29, 1.82) is 0 Å². The highest BCUT2D eigenvalue weighted by Gasteiger charge is 2.16. The summed E-state index contributed by atoms with van der Waals surface area (Å²) in [5.74, 6) is -0.0638. The van der Waals surface area contributed by atoms with E-state index >= 15 is 0 Å². The Kier molecular flexibility index (Phi) is 5.65. The smallest absolute Gasteiger partial charge is 0.195 e. The number of halogens is 2. The third kappa shape index (κ3) is 3.91. The number of aryl methyl sites for hydroxylation is 1. The molecule has 4 rings (SSSR count). The van der Waals surface area contributed by atoms with E-state index in [9.17, 15) is 4.79 Å². The molecule has 3 aromatic carbocycles. The van der Waals surface area contributed by atoms with Crippen molar-refractivity contribution in [2.75, 3.05) is 4.72 Å². The average molecular weight is 444 g/mol. The van der Waals surface area contributed by atoms with E-state index < -0.39 is 0 Å². The van der Waals surface area contributed by atoms with Crippen LogP contribution in [0.2, 0.25) is 10.0 Å². The number of hydrogen-bond acceptors (Lipinski definition) is 4. The minimum atomic E-state index is -0.0638. The van der Waals surface area contributed by atoms with Crippen LogP contribution in [-0.2, 0) is 0 Å². The summed E-state index contributed by atoms with van der Waals surface area (Å²) in [4.78, 5) is 13.0. The predicted octanol–water partition coefficient (Wildman–Crippen LogP) is 7.87. The fourth-order valence-electron chi connectivity index (χ4n) is 2.91. The van der Waals surface area contributed by atoms with Crippen molar-refractivity contribution in [2.45, 2.75) is 11.1 Å². The topological polar surface area (TPSA) is 29.1 Å². The molecule has 0 unspecified atom stereocenters. The number of hydrogen-bond donors (Lipinski definition) is 1. The zero-order chi connectivity index (χ0) is 19.7. The Morgan fingerprint density at radius 1 is 0.964 bits per heavy atom. The van der Waals surface area contributed by atoms with Gasteiger partial charge >= 0.3 is 0 Å². The van der Waals surface area contributed by atoms with E-state index in [4.69, 9.17) is 23.2 Å². The number of anilines is 1. The lowest BCUT2D eigenvalue weighted by Gasteiger charge is -2.11. The van der Waals surface area contributed by atoms with Crippen LogP contribution in [0.3, 0.4) is 0 Å². The van der Waals surface area contributed by atoms with Gasteiger partial charge in [-0.05, 0) is 66.2 Å². The highest BCUT2D eigenvalue weighted by Crippen LogP contribution is 2.39. The Labute approximate surface area is 181 Å². The van der Waals surface area contributed by atoms with Crippen LogP contribution in [0.15, 0.2) is 70.9 Å². The van der Waals surface area contributed by atoms with Crippen LogP contribution in [0, 0.1) is 6.92 Å². The molecule has 0 atom stereocenters. The lowest BCUT2D eigenvalue weighted by molar-refractivity contribution is 0.103. The van der Waals surface area contributed by atoms with Gasteiger partial charge in [-0.1, -0.05) is 53.5 Å². The fourth-order valence-corrected chi connectivity index (χ4v) is 5.38. The van der Waals surface area contributed by atoms with Gasteiger partial charge in [0.2, 0.25) is 0 Å². The van der Waals surface area contributed by atoms with Gasteiger partial charge in [0.25, 0.3) is 0 Å². The van der Waals surface area contributed by atoms with E-state index in [0.29, 0.717) is 16.1 Å². The SMILES string of the molecule is Cc1c(SNc2ccc(Cl)cc2C(=O)c2ccccc2)sc2ccc(Cl)cc12. The second-order valence-corrected chi connectivity index (χ2v) is 9.24. The molecule has 2 nitrogen and oxygen atoms in total. The van der Waals surface area contributed by atoms with E-state index in [1.54, 1.807) is 35.6 Å². The normalized spacial score (nSPS) is 11.0. The Hall–Kier alpha value is -1.98. The molecule has 1 heterocycles. The number of fused-ring (bicyclic) bond motifs is 1. The Bertz CT molecular complexity index is 1170. The molecule has 0 aliphatic carbocycles. The molecule has 0 fully saturated rings. The first kappa shape index (κ1) is 19.3. The molecule has 0 spiro atoms. The number of nitrogens with one attached hydrogen (secondary N) is 1. The first-order valence-electron chi connectivity index (χ1n) is 8.54. The van der Waals surface area contributed by atoms with Gasteiger partial charge in [0.1, 0.15) is 0 Å². The molecule has 1 aromatic heterocycles. The molecule has 0 aliphatic rings. The number of benzene rings is 3. The maximum absolute atomic E-state index is 13.0. The van der Waals surface area contributed by atoms with Gasteiger partial charge in [0, 0.05) is 25.9 Å². The third-order valence-corrected chi connectivity index (χ3v) is 7.22. The van der Waals surface area contributed by atoms with Gasteiger partial charge in [-0.3, -0.25) is 4.79 Å². The number of carbonyl (C=O) groups excluding carboxylic acids is 1. The summed E-state index contributed by atoms with van der Waals surface area (Å²) in [6, 6.07) is 20.5. The van der Waals surface area contributed by atoms with Crippen LogP contribution in [0.5, 0.6) is 0 Å². The molecule has 0 bridgehead atoms. The molecule has 0 radical (unpaired) electrons. The Morgan fingerprint density at radius 3 is 2.46 bits per heavy atom. The third-order valence-electron chi connectivity index (χ3n) is 4.37. The van der Waals surface area contributed by atoms with Crippen molar-refractivity contribution in [3.05, 3.63) is 93.5 Å². The number of ketones is 1. The summed E-state index contributed by atoms with van der Waals surface area (Å²) < 4.78 is 5.65. The van der Waals surface area contributed by atoms with Crippen molar-refractivity contribution in [3.8, 4) is 0 Å². The maximum Gasteiger partial charge on any atom is 0.195 e. The minimum absolute atomic E-state index is 0.0638. The highest BCUT2D eigenvalue weighted by molar-refractivity contribution is 8.02. The molecule has 6 heteroatoms. The fraction of sp³-hybridized carbons (Fsp3) is 0.0455. The predicted molar refractivity (Wildman–Crippen MR) is 122 cm³/mol. The molecule has 28 heavy (non-hydrogen) atoms. The lowest BCUT2D eigenvalue weighted by Crippen LogP contribution is -2.04. The molecular formula is C22H15Cl2NOS2. The zero-order valence-corrected chi connectivity index (χ0v) is 18.0. The van der Waals surface area contributed by atoms with Gasteiger partial charge in [0.05, 0.1) is 9.90 Å². The average Bonchev–Trinajstić information content (AvgIpc) is 3.02. The molecular weight excluding hydrogens is 429 g/mol. The standard InChI is InChI=1S/C22H15Cl2NOS2/c1-13-17-11-16(24)8-10-20(17)27-22(13)28-25-19-9-7-15(23)12-18(19)21(26)14-5-3-2-4-6-14/h2-12,25H,1H3. The molecule has 1 N–H and O–H groups in total. The van der Waals surface area contributed by atoms with Crippen molar-refractivity contribution in [3.63, 3.8) is 0 Å². The largest absolute Gasteiger partial charge is 0.324 e. The van der Waals surface area contributed by atoms with E-state index in [2.05, 4.69) is 11.6 Å². The first-order chi connectivity index (χ1) is 13.5. The number of carbonyl (C=O) groups is 1. The van der Waals surface area contributed by atoms with E-state index in [1.165, 1.54) is 22.2 Å². The van der Waals surface area contributed by atoms with Gasteiger partial charge in [-0.15, -0.1) is 11.3 Å². The van der Waals surface area contributed by atoms with Crippen molar-refractivity contribution < 1.29 is 4.79 Å². The van der Waals surface area contributed by atoms with E-state index in [1.807, 2.05) is 42.5 Å². The van der Waals surface area contributed by atoms with Crippen LogP contribution < -0.4 is 4.72 Å². The Morgan fingerprint density at radius 2 is 1.68 bits per heavy atom. The van der Waals surface area contributed by atoms with Gasteiger partial charge in [-0.2, -0.15) is 0 Å². The number of thiophene rings is 1. The van der Waals surface area contributed by atoms with Crippen molar-refractivity contribution in [1.82, 2.24) is 0 Å². The molecule has 0 aliphatic heterocycles. The lowest BCUT2D eigenvalue weighted by atomic mass is 10.0. The Balaban J connectivity index is 1.64. The summed E-state index contributed by atoms with van der Waals surface area (Å²) in [5.41, 5.74) is 3.08. The summed E-state index contributed by atoms with van der Waals surface area (Å²) in [7, 11) is 0. The summed E-state index contributed by atoms with van der Waals surface area (Å²) >= 11 is 15.5. The number of rotatable bonds is 5. The molecule has 4 aromatic rings. The highest BCUT2D eigenvalue weighted by atomic mass is 35.5. The van der Waals surface area contributed by atoms with Crippen molar-refractivity contribution in [2.24, 2.45) is 0 Å². The van der Waals surface area contributed by atoms with E-state index in [-0.39, 0.29) is 5.78 Å². The zero-order valence-electron chi connectivity index (χ0n) is 14.8. The van der Waals surface area contributed by atoms with Crippen LogP contribution >= 0.6 is 46.5 Å². The van der Waals surface area contributed by atoms with Gasteiger partial charge < -0.3 is 4.72 Å². The maximum atomic E-state index is 13.0. The molecule has 0 amide bonds. The van der Waals surface area contributed by atoms with Crippen LogP contribution in [-0.4, -0.2) is 5.78 Å². The summed E-state index contributed by atoms with van der Waals surface area (Å²) in [6.07, 6.45) is 0. The van der Waals surface area contributed by atoms with Gasteiger partial charge in [0.15, 0.2) is 5.78 Å². The van der Waals surface area contributed by atoms with Crippen molar-refractivity contribution >= 4 is 68.0 Å². The monoisotopic (exact) mass is 443 g/mol. The van der Waals surface area contributed by atoms with Crippen LogP contribution in [0.4, 0.5) is 5.69 Å². The van der Waals surface area contributed by atoms with Gasteiger partial charge in [-0.25, -0.2) is 0 Å². The summed E-state index contributed by atoms with van der Waals surface area (Å²) in [6.45, 7) is 2.08. The quantitative estimate of drug-likeness (QED) is 0.251. The van der Waals surface area contributed by atoms with E-state index in [0.717, 1.165) is 20.3 Å². The molecule has 0 saturated carbocycles. The molecule has 0 saturated heterocycles.